The Morgan fingerprint density at radius 3 is 3.11 bits per heavy atom. The van der Waals surface area contributed by atoms with Gasteiger partial charge in [0.05, 0.1) is 5.01 Å². The standard InChI is InChI=1S/C12H21N3O2S/c1-9(7-16)3-2-6-14-12(17)10-8-18-11(15-10)4-5-13/h8-9,16H,2-7,13H2,1H3,(H,14,17). The summed E-state index contributed by atoms with van der Waals surface area (Å²) >= 11 is 1.47. The fraction of sp³-hybridized carbons (Fsp3) is 0.667. The third-order valence-electron chi connectivity index (χ3n) is 2.61. The smallest absolute Gasteiger partial charge is 0.270 e. The Labute approximate surface area is 111 Å². The van der Waals surface area contributed by atoms with Gasteiger partial charge in [-0.25, -0.2) is 4.98 Å². The van der Waals surface area contributed by atoms with Crippen molar-refractivity contribution in [1.82, 2.24) is 10.3 Å². The highest BCUT2D eigenvalue weighted by Crippen LogP contribution is 2.10. The summed E-state index contributed by atoms with van der Waals surface area (Å²) in [6.45, 7) is 3.35. The van der Waals surface area contributed by atoms with Crippen LogP contribution in [0, 0.1) is 5.92 Å². The summed E-state index contributed by atoms with van der Waals surface area (Å²) in [6.07, 6.45) is 2.49. The molecule has 0 saturated carbocycles. The molecular weight excluding hydrogens is 250 g/mol. The Balaban J connectivity index is 2.27. The SMILES string of the molecule is CC(CO)CCCNC(=O)c1csc(CCN)n1. The lowest BCUT2D eigenvalue weighted by atomic mass is 10.1. The number of nitrogens with zero attached hydrogens (tertiary/aromatic N) is 1. The number of aliphatic hydroxyl groups is 1. The van der Waals surface area contributed by atoms with Crippen LogP contribution in [0.5, 0.6) is 0 Å². The summed E-state index contributed by atoms with van der Waals surface area (Å²) in [5.41, 5.74) is 5.90. The van der Waals surface area contributed by atoms with E-state index in [1.807, 2.05) is 6.92 Å². The third kappa shape index (κ3) is 5.12. The average molecular weight is 271 g/mol. The number of carbonyl (C=O) groups excluding carboxylic acids is 1. The molecular formula is C12H21N3O2S. The lowest BCUT2D eigenvalue weighted by Gasteiger charge is -2.07. The molecule has 0 fully saturated rings. The van der Waals surface area contributed by atoms with Gasteiger partial charge in [-0.1, -0.05) is 6.92 Å². The monoisotopic (exact) mass is 271 g/mol. The number of nitrogens with two attached hydrogens (primary N) is 1. The molecule has 1 amide bonds. The number of thiazole rings is 1. The van der Waals surface area contributed by atoms with Gasteiger partial charge in [0.2, 0.25) is 0 Å². The van der Waals surface area contributed by atoms with Crippen molar-refractivity contribution >= 4 is 17.2 Å². The number of amides is 1. The van der Waals surface area contributed by atoms with Gasteiger partial charge in [-0.15, -0.1) is 11.3 Å². The molecule has 4 N–H and O–H groups in total. The van der Waals surface area contributed by atoms with Gasteiger partial charge in [0.1, 0.15) is 5.69 Å². The zero-order valence-corrected chi connectivity index (χ0v) is 11.5. The van der Waals surface area contributed by atoms with E-state index in [2.05, 4.69) is 10.3 Å². The summed E-state index contributed by atoms with van der Waals surface area (Å²) in [6, 6.07) is 0. The van der Waals surface area contributed by atoms with E-state index in [0.29, 0.717) is 25.2 Å². The Morgan fingerprint density at radius 1 is 1.67 bits per heavy atom. The zero-order chi connectivity index (χ0) is 13.4. The van der Waals surface area contributed by atoms with Crippen LogP contribution in [-0.2, 0) is 6.42 Å². The molecule has 0 aliphatic rings. The van der Waals surface area contributed by atoms with Crippen molar-refractivity contribution in [2.45, 2.75) is 26.2 Å². The second-order valence-electron chi connectivity index (χ2n) is 4.35. The summed E-state index contributed by atoms with van der Waals surface area (Å²) in [5, 5.41) is 14.4. The number of hydrogen-bond donors (Lipinski definition) is 3. The minimum Gasteiger partial charge on any atom is -0.396 e. The molecule has 18 heavy (non-hydrogen) atoms. The normalized spacial score (nSPS) is 12.4. The molecule has 1 rings (SSSR count). The van der Waals surface area contributed by atoms with Gasteiger partial charge in [-0.3, -0.25) is 4.79 Å². The number of aliphatic hydroxyl groups excluding tert-OH is 1. The lowest BCUT2D eigenvalue weighted by Crippen LogP contribution is -2.25. The molecule has 1 aromatic heterocycles. The van der Waals surface area contributed by atoms with Crippen LogP contribution in [0.3, 0.4) is 0 Å². The Bertz CT molecular complexity index is 368. The maximum atomic E-state index is 11.7. The van der Waals surface area contributed by atoms with Gasteiger partial charge in [-0.05, 0) is 25.3 Å². The van der Waals surface area contributed by atoms with Gasteiger partial charge in [0.15, 0.2) is 0 Å². The van der Waals surface area contributed by atoms with Crippen LogP contribution in [0.2, 0.25) is 0 Å². The average Bonchev–Trinajstić information content (AvgIpc) is 2.83. The van der Waals surface area contributed by atoms with E-state index >= 15 is 0 Å². The Kier molecular flexibility index (Phi) is 6.85. The molecule has 0 radical (unpaired) electrons. The molecule has 6 heteroatoms. The quantitative estimate of drug-likeness (QED) is 0.610. The van der Waals surface area contributed by atoms with Crippen LogP contribution >= 0.6 is 11.3 Å². The summed E-state index contributed by atoms with van der Waals surface area (Å²) in [7, 11) is 0. The first-order valence-corrected chi connectivity index (χ1v) is 7.08. The van der Waals surface area contributed by atoms with Gasteiger partial charge in [-0.2, -0.15) is 0 Å². The molecule has 1 atom stereocenters. The predicted molar refractivity (Wildman–Crippen MR) is 72.7 cm³/mol. The molecule has 0 saturated heterocycles. The molecule has 1 aromatic rings. The molecule has 0 aromatic carbocycles. The molecule has 0 aliphatic heterocycles. The first-order chi connectivity index (χ1) is 8.67. The highest BCUT2D eigenvalue weighted by atomic mass is 32.1. The lowest BCUT2D eigenvalue weighted by molar-refractivity contribution is 0.0947. The van der Waals surface area contributed by atoms with Gasteiger partial charge < -0.3 is 16.2 Å². The van der Waals surface area contributed by atoms with Crippen molar-refractivity contribution in [1.29, 1.82) is 0 Å². The number of rotatable bonds is 8. The number of carbonyl (C=O) groups is 1. The second kappa shape index (κ2) is 8.18. The van der Waals surface area contributed by atoms with E-state index in [9.17, 15) is 4.79 Å². The second-order valence-corrected chi connectivity index (χ2v) is 5.29. The van der Waals surface area contributed by atoms with Gasteiger partial charge in [0.25, 0.3) is 5.91 Å². The maximum Gasteiger partial charge on any atom is 0.270 e. The van der Waals surface area contributed by atoms with Crippen LogP contribution < -0.4 is 11.1 Å². The highest BCUT2D eigenvalue weighted by Gasteiger charge is 2.09. The van der Waals surface area contributed by atoms with Crippen molar-refractivity contribution in [2.75, 3.05) is 19.7 Å². The van der Waals surface area contributed by atoms with E-state index in [1.54, 1.807) is 5.38 Å². The summed E-state index contributed by atoms with van der Waals surface area (Å²) in [4.78, 5) is 15.9. The number of hydrogen-bond acceptors (Lipinski definition) is 5. The Morgan fingerprint density at radius 2 is 2.44 bits per heavy atom. The van der Waals surface area contributed by atoms with Crippen molar-refractivity contribution in [3.63, 3.8) is 0 Å². The van der Waals surface area contributed by atoms with Crippen LogP contribution in [-0.4, -0.2) is 35.7 Å². The van der Waals surface area contributed by atoms with E-state index in [4.69, 9.17) is 10.8 Å². The minimum atomic E-state index is -0.133. The van der Waals surface area contributed by atoms with Crippen LogP contribution in [0.25, 0.3) is 0 Å². The fourth-order valence-electron chi connectivity index (χ4n) is 1.49. The highest BCUT2D eigenvalue weighted by molar-refractivity contribution is 7.09. The topological polar surface area (TPSA) is 88.2 Å². The first kappa shape index (κ1) is 15.1. The van der Waals surface area contributed by atoms with Crippen molar-refractivity contribution in [3.05, 3.63) is 16.1 Å². The van der Waals surface area contributed by atoms with Crippen molar-refractivity contribution in [3.8, 4) is 0 Å². The van der Waals surface area contributed by atoms with E-state index < -0.39 is 0 Å². The molecule has 1 unspecified atom stereocenters. The molecule has 5 nitrogen and oxygen atoms in total. The molecule has 0 aliphatic carbocycles. The van der Waals surface area contributed by atoms with E-state index in [0.717, 1.165) is 17.8 Å². The maximum absolute atomic E-state index is 11.7. The zero-order valence-electron chi connectivity index (χ0n) is 10.7. The summed E-state index contributed by atoms with van der Waals surface area (Å²) in [5.74, 6) is 0.156. The fourth-order valence-corrected chi connectivity index (χ4v) is 2.28. The first-order valence-electron chi connectivity index (χ1n) is 6.21. The molecule has 102 valence electrons. The minimum absolute atomic E-state index is 0.133. The van der Waals surface area contributed by atoms with Gasteiger partial charge >= 0.3 is 0 Å². The number of aromatic nitrogens is 1. The molecule has 1 heterocycles. The van der Waals surface area contributed by atoms with Crippen molar-refractivity contribution in [2.24, 2.45) is 11.7 Å². The molecule has 0 spiro atoms. The van der Waals surface area contributed by atoms with Crippen LogP contribution in [0.15, 0.2) is 5.38 Å². The largest absolute Gasteiger partial charge is 0.396 e. The van der Waals surface area contributed by atoms with Crippen LogP contribution in [0.1, 0.15) is 35.3 Å². The van der Waals surface area contributed by atoms with E-state index in [-0.39, 0.29) is 18.4 Å². The van der Waals surface area contributed by atoms with E-state index in [1.165, 1.54) is 11.3 Å². The van der Waals surface area contributed by atoms with Gasteiger partial charge in [0, 0.05) is 25.0 Å². The third-order valence-corrected chi connectivity index (χ3v) is 3.52. The Hall–Kier alpha value is -0.980. The van der Waals surface area contributed by atoms with Crippen LogP contribution in [0.4, 0.5) is 0 Å². The molecule has 0 bridgehead atoms. The van der Waals surface area contributed by atoms with Crippen molar-refractivity contribution < 1.29 is 9.90 Å². The summed E-state index contributed by atoms with van der Waals surface area (Å²) < 4.78 is 0. The number of nitrogens with one attached hydrogen (secondary N) is 1. The predicted octanol–water partition coefficient (Wildman–Crippen LogP) is 0.783.